The molecule has 0 atom stereocenters. The van der Waals surface area contributed by atoms with E-state index in [2.05, 4.69) is 31.9 Å². The third-order valence-corrected chi connectivity index (χ3v) is 3.83. The van der Waals surface area contributed by atoms with Gasteiger partial charge in [-0.2, -0.15) is 0 Å². The number of fused-ring (bicyclic) bond motifs is 1. The summed E-state index contributed by atoms with van der Waals surface area (Å²) in [6.45, 7) is 0. The topological polar surface area (TPSA) is 20.2 Å². The Morgan fingerprint density at radius 2 is 2.15 bits per heavy atom. The lowest BCUT2D eigenvalue weighted by molar-refractivity contribution is 0.483. The van der Waals surface area contributed by atoms with Crippen LogP contribution in [0.4, 0.5) is 0 Å². The Balaban J connectivity index is 2.85. The monoisotopic (exact) mass is 320 g/mol. The zero-order valence-corrected chi connectivity index (χ0v) is 10.5. The SMILES string of the molecule is Oc1csc2cc(Br)cc(CBr)c12. The van der Waals surface area contributed by atoms with Crippen molar-refractivity contribution >= 4 is 53.3 Å². The van der Waals surface area contributed by atoms with E-state index in [1.54, 1.807) is 16.7 Å². The number of thiophene rings is 1. The van der Waals surface area contributed by atoms with Crippen LogP contribution in [0.2, 0.25) is 0 Å². The van der Waals surface area contributed by atoms with E-state index in [0.29, 0.717) is 5.75 Å². The van der Waals surface area contributed by atoms with E-state index in [1.807, 2.05) is 12.1 Å². The smallest absolute Gasteiger partial charge is 0.134 e. The molecule has 0 bridgehead atoms. The molecule has 1 N–H and O–H groups in total. The highest BCUT2D eigenvalue weighted by molar-refractivity contribution is 9.10. The number of alkyl halides is 1. The summed E-state index contributed by atoms with van der Waals surface area (Å²) in [4.78, 5) is 0. The van der Waals surface area contributed by atoms with E-state index < -0.39 is 0 Å². The Morgan fingerprint density at radius 3 is 2.85 bits per heavy atom. The highest BCUT2D eigenvalue weighted by Gasteiger charge is 2.08. The average Bonchev–Trinajstić information content (AvgIpc) is 2.46. The second-order valence-electron chi connectivity index (χ2n) is 2.69. The molecular weight excluding hydrogens is 316 g/mol. The first-order valence-corrected chi connectivity index (χ1v) is 6.46. The van der Waals surface area contributed by atoms with Crippen molar-refractivity contribution in [1.82, 2.24) is 0 Å². The van der Waals surface area contributed by atoms with Crippen molar-refractivity contribution in [3.63, 3.8) is 0 Å². The number of aromatic hydroxyl groups is 1. The van der Waals surface area contributed by atoms with Crippen LogP contribution in [0.25, 0.3) is 10.1 Å². The fraction of sp³-hybridized carbons (Fsp3) is 0.111. The Kier molecular flexibility index (Phi) is 2.62. The molecule has 0 aliphatic heterocycles. The van der Waals surface area contributed by atoms with Crippen molar-refractivity contribution in [2.75, 3.05) is 0 Å². The summed E-state index contributed by atoms with van der Waals surface area (Å²) < 4.78 is 2.16. The summed E-state index contributed by atoms with van der Waals surface area (Å²) in [5.41, 5.74) is 1.11. The van der Waals surface area contributed by atoms with E-state index in [9.17, 15) is 5.11 Å². The maximum atomic E-state index is 9.59. The first kappa shape index (κ1) is 9.49. The summed E-state index contributed by atoms with van der Waals surface area (Å²) in [6, 6.07) is 4.04. The molecule has 0 spiro atoms. The van der Waals surface area contributed by atoms with Crippen molar-refractivity contribution < 1.29 is 5.11 Å². The van der Waals surface area contributed by atoms with Gasteiger partial charge in [0.25, 0.3) is 0 Å². The van der Waals surface area contributed by atoms with Crippen LogP contribution in [0, 0.1) is 0 Å². The predicted molar refractivity (Wildman–Crippen MR) is 63.8 cm³/mol. The standard InChI is InChI=1S/C9H6Br2OS/c10-3-5-1-6(11)2-8-9(5)7(12)4-13-8/h1-2,4,12H,3H2. The fourth-order valence-electron chi connectivity index (χ4n) is 1.30. The van der Waals surface area contributed by atoms with Crippen molar-refractivity contribution in [2.45, 2.75) is 5.33 Å². The van der Waals surface area contributed by atoms with Gasteiger partial charge in [-0.3, -0.25) is 0 Å². The number of benzene rings is 1. The molecule has 0 unspecified atom stereocenters. The average molecular weight is 322 g/mol. The van der Waals surface area contributed by atoms with Crippen molar-refractivity contribution in [3.05, 3.63) is 27.5 Å². The van der Waals surface area contributed by atoms with Gasteiger partial charge in [0.15, 0.2) is 0 Å². The minimum atomic E-state index is 0.377. The summed E-state index contributed by atoms with van der Waals surface area (Å²) in [6.07, 6.45) is 0. The number of rotatable bonds is 1. The van der Waals surface area contributed by atoms with Crippen molar-refractivity contribution in [3.8, 4) is 5.75 Å². The van der Waals surface area contributed by atoms with Gasteiger partial charge < -0.3 is 5.11 Å². The van der Waals surface area contributed by atoms with Gasteiger partial charge in [0.05, 0.1) is 0 Å². The summed E-state index contributed by atoms with van der Waals surface area (Å²) in [5, 5.41) is 13.1. The lowest BCUT2D eigenvalue weighted by Gasteiger charge is -2.00. The molecule has 0 radical (unpaired) electrons. The van der Waals surface area contributed by atoms with Gasteiger partial charge in [-0.1, -0.05) is 31.9 Å². The van der Waals surface area contributed by atoms with E-state index in [1.165, 1.54) is 0 Å². The second-order valence-corrected chi connectivity index (χ2v) is 5.08. The van der Waals surface area contributed by atoms with E-state index in [0.717, 1.165) is 25.5 Å². The molecule has 4 heteroatoms. The van der Waals surface area contributed by atoms with E-state index >= 15 is 0 Å². The van der Waals surface area contributed by atoms with Crippen LogP contribution in [0.15, 0.2) is 22.0 Å². The van der Waals surface area contributed by atoms with E-state index in [-0.39, 0.29) is 0 Å². The van der Waals surface area contributed by atoms with Crippen molar-refractivity contribution in [1.29, 1.82) is 0 Å². The lowest BCUT2D eigenvalue weighted by atomic mass is 10.1. The summed E-state index contributed by atoms with van der Waals surface area (Å²) in [7, 11) is 0. The lowest BCUT2D eigenvalue weighted by Crippen LogP contribution is -1.78. The zero-order valence-electron chi connectivity index (χ0n) is 6.55. The van der Waals surface area contributed by atoms with Crippen LogP contribution in [-0.2, 0) is 5.33 Å². The molecule has 13 heavy (non-hydrogen) atoms. The third kappa shape index (κ3) is 1.63. The molecule has 1 aromatic heterocycles. The van der Waals surface area contributed by atoms with Gasteiger partial charge in [-0.25, -0.2) is 0 Å². The molecule has 0 fully saturated rings. The first-order chi connectivity index (χ1) is 6.22. The maximum absolute atomic E-state index is 9.59. The Bertz CT molecular complexity index is 450. The molecule has 1 aromatic carbocycles. The molecule has 0 aliphatic rings. The van der Waals surface area contributed by atoms with Crippen LogP contribution in [-0.4, -0.2) is 5.11 Å². The van der Waals surface area contributed by atoms with Crippen LogP contribution >= 0.6 is 43.2 Å². The molecule has 68 valence electrons. The quantitative estimate of drug-likeness (QED) is 0.778. The first-order valence-electron chi connectivity index (χ1n) is 3.67. The molecule has 0 aliphatic carbocycles. The highest BCUT2D eigenvalue weighted by atomic mass is 79.9. The van der Waals surface area contributed by atoms with E-state index in [4.69, 9.17) is 0 Å². The molecule has 0 amide bonds. The van der Waals surface area contributed by atoms with Crippen LogP contribution in [0.1, 0.15) is 5.56 Å². The number of hydrogen-bond acceptors (Lipinski definition) is 2. The van der Waals surface area contributed by atoms with Gasteiger partial charge in [-0.15, -0.1) is 11.3 Å². The molecular formula is C9H6Br2OS. The van der Waals surface area contributed by atoms with Gasteiger partial charge >= 0.3 is 0 Å². The Morgan fingerprint density at radius 1 is 1.38 bits per heavy atom. The summed E-state index contributed by atoms with van der Waals surface area (Å²) in [5.74, 6) is 0.377. The minimum Gasteiger partial charge on any atom is -0.506 e. The fourth-order valence-corrected chi connectivity index (χ4v) is 3.31. The highest BCUT2D eigenvalue weighted by Crippen LogP contribution is 2.36. The molecule has 1 heterocycles. The number of hydrogen-bond donors (Lipinski definition) is 1. The minimum absolute atomic E-state index is 0.377. The van der Waals surface area contributed by atoms with Crippen LogP contribution < -0.4 is 0 Å². The maximum Gasteiger partial charge on any atom is 0.134 e. The molecule has 0 saturated heterocycles. The van der Waals surface area contributed by atoms with Gasteiger partial charge in [0, 0.05) is 25.3 Å². The Labute approximate surface area is 96.6 Å². The molecule has 0 saturated carbocycles. The van der Waals surface area contributed by atoms with Crippen LogP contribution in [0.5, 0.6) is 5.75 Å². The Hall–Kier alpha value is -0.0600. The molecule has 2 aromatic rings. The second kappa shape index (κ2) is 3.59. The van der Waals surface area contributed by atoms with Crippen LogP contribution in [0.3, 0.4) is 0 Å². The summed E-state index contributed by atoms with van der Waals surface area (Å²) >= 11 is 8.40. The van der Waals surface area contributed by atoms with Gasteiger partial charge in [0.2, 0.25) is 0 Å². The molecule has 2 rings (SSSR count). The zero-order chi connectivity index (χ0) is 9.42. The number of halogens is 2. The third-order valence-electron chi connectivity index (χ3n) is 1.85. The van der Waals surface area contributed by atoms with Crippen molar-refractivity contribution in [2.24, 2.45) is 0 Å². The molecule has 1 nitrogen and oxygen atoms in total. The van der Waals surface area contributed by atoms with Gasteiger partial charge in [0.1, 0.15) is 5.75 Å². The predicted octanol–water partition coefficient (Wildman–Crippen LogP) is 4.26. The largest absolute Gasteiger partial charge is 0.506 e. The van der Waals surface area contributed by atoms with Gasteiger partial charge in [-0.05, 0) is 17.7 Å². The normalized spacial score (nSPS) is 10.9.